The van der Waals surface area contributed by atoms with Crippen molar-refractivity contribution in [3.8, 4) is 34.3 Å². The Balaban J connectivity index is 2.08. The molecule has 3 nitrogen and oxygen atoms in total. The largest absolute Gasteiger partial charge is 0.480 e. The van der Waals surface area contributed by atoms with Gasteiger partial charge in [0.1, 0.15) is 11.6 Å². The number of fused-ring (bicyclic) bond motifs is 3. The monoisotopic (exact) mass is 360 g/mol. The fourth-order valence-corrected chi connectivity index (χ4v) is 3.80. The third kappa shape index (κ3) is 2.73. The molecule has 1 aliphatic rings. The van der Waals surface area contributed by atoms with E-state index in [4.69, 9.17) is 21.3 Å². The minimum Gasteiger partial charge on any atom is -0.480 e. The van der Waals surface area contributed by atoms with Crippen molar-refractivity contribution in [1.29, 1.82) is 5.26 Å². The van der Waals surface area contributed by atoms with E-state index in [1.165, 1.54) is 5.56 Å². The molecule has 0 fully saturated rings. The van der Waals surface area contributed by atoms with Crippen LogP contribution >= 0.6 is 11.6 Å². The molecule has 0 radical (unpaired) electrons. The molecule has 4 rings (SSSR count). The first kappa shape index (κ1) is 16.6. The third-order valence-corrected chi connectivity index (χ3v) is 5.10. The zero-order valence-electron chi connectivity index (χ0n) is 14.4. The van der Waals surface area contributed by atoms with Crippen molar-refractivity contribution in [2.24, 2.45) is 0 Å². The predicted octanol–water partition coefficient (Wildman–Crippen LogP) is 5.44. The maximum Gasteiger partial charge on any atom is 0.232 e. The smallest absolute Gasteiger partial charge is 0.232 e. The van der Waals surface area contributed by atoms with E-state index in [-0.39, 0.29) is 0 Å². The lowest BCUT2D eigenvalue weighted by molar-refractivity contribution is 0.397. The van der Waals surface area contributed by atoms with Crippen LogP contribution in [0.15, 0.2) is 48.5 Å². The van der Waals surface area contributed by atoms with Crippen LogP contribution in [-0.4, -0.2) is 12.1 Å². The van der Waals surface area contributed by atoms with Gasteiger partial charge < -0.3 is 4.74 Å². The fourth-order valence-electron chi connectivity index (χ4n) is 3.68. The molecular formula is C22H17ClN2O. The topological polar surface area (TPSA) is 45.9 Å². The third-order valence-electron chi connectivity index (χ3n) is 4.85. The Morgan fingerprint density at radius 2 is 1.85 bits per heavy atom. The van der Waals surface area contributed by atoms with E-state index in [1.54, 1.807) is 7.11 Å². The van der Waals surface area contributed by atoms with Crippen LogP contribution < -0.4 is 4.74 Å². The summed E-state index contributed by atoms with van der Waals surface area (Å²) in [6.45, 7) is 0. The molecule has 0 atom stereocenters. The van der Waals surface area contributed by atoms with Crippen molar-refractivity contribution >= 4 is 11.6 Å². The highest BCUT2D eigenvalue weighted by molar-refractivity contribution is 6.30. The van der Waals surface area contributed by atoms with Gasteiger partial charge in [-0.15, -0.1) is 0 Å². The van der Waals surface area contributed by atoms with Gasteiger partial charge in [0, 0.05) is 16.1 Å². The quantitative estimate of drug-likeness (QED) is 0.611. The Hall–Kier alpha value is -2.83. The van der Waals surface area contributed by atoms with Crippen LogP contribution in [0.3, 0.4) is 0 Å². The van der Waals surface area contributed by atoms with Crippen LogP contribution in [0.5, 0.6) is 5.88 Å². The molecule has 0 amide bonds. The number of nitrogens with zero attached hydrogens (tertiary/aromatic N) is 2. The predicted molar refractivity (Wildman–Crippen MR) is 103 cm³/mol. The first-order valence-electron chi connectivity index (χ1n) is 8.58. The van der Waals surface area contributed by atoms with Crippen LogP contribution in [0.2, 0.25) is 5.02 Å². The summed E-state index contributed by atoms with van der Waals surface area (Å²) in [7, 11) is 1.56. The number of aromatic nitrogens is 1. The van der Waals surface area contributed by atoms with Gasteiger partial charge in [-0.25, -0.2) is 4.98 Å². The molecule has 0 N–H and O–H groups in total. The van der Waals surface area contributed by atoms with Gasteiger partial charge in [0.05, 0.1) is 12.8 Å². The number of aryl methyl sites for hydroxylation is 1. The number of methoxy groups -OCH3 is 1. The maximum atomic E-state index is 9.82. The highest BCUT2D eigenvalue weighted by Gasteiger charge is 2.25. The number of ether oxygens (including phenoxy) is 1. The molecule has 0 aliphatic heterocycles. The summed E-state index contributed by atoms with van der Waals surface area (Å²) in [5.74, 6) is 0.368. The van der Waals surface area contributed by atoms with Crippen molar-refractivity contribution in [1.82, 2.24) is 4.98 Å². The van der Waals surface area contributed by atoms with Crippen LogP contribution in [-0.2, 0) is 12.8 Å². The number of nitriles is 1. The summed E-state index contributed by atoms with van der Waals surface area (Å²) in [6, 6.07) is 18.3. The Labute approximate surface area is 157 Å². The molecule has 3 aromatic rings. The van der Waals surface area contributed by atoms with Crippen LogP contribution in [0.25, 0.3) is 22.4 Å². The average Bonchev–Trinajstić information content (AvgIpc) is 2.86. The van der Waals surface area contributed by atoms with E-state index >= 15 is 0 Å². The molecule has 2 aromatic carbocycles. The summed E-state index contributed by atoms with van der Waals surface area (Å²) in [6.07, 6.45) is 2.88. The average molecular weight is 361 g/mol. The lowest BCUT2D eigenvalue weighted by atomic mass is 9.91. The number of benzene rings is 2. The highest BCUT2D eigenvalue weighted by atomic mass is 35.5. The molecule has 128 valence electrons. The molecule has 1 aliphatic carbocycles. The highest BCUT2D eigenvalue weighted by Crippen LogP contribution is 2.41. The summed E-state index contributed by atoms with van der Waals surface area (Å²) < 4.78 is 5.48. The van der Waals surface area contributed by atoms with Crippen molar-refractivity contribution in [3.63, 3.8) is 0 Å². The van der Waals surface area contributed by atoms with Crippen molar-refractivity contribution in [3.05, 3.63) is 70.2 Å². The number of rotatable bonds is 2. The number of pyridine rings is 1. The summed E-state index contributed by atoms with van der Waals surface area (Å²) in [5, 5.41) is 10.5. The fraction of sp³-hybridized carbons (Fsp3) is 0.182. The summed E-state index contributed by atoms with van der Waals surface area (Å²) >= 11 is 6.07. The SMILES string of the molecule is COc1nc2c(c(-c3ccc(Cl)cc3)c1C#N)CCCc1ccccc1-2. The number of hydrogen-bond donors (Lipinski definition) is 0. The Morgan fingerprint density at radius 1 is 1.08 bits per heavy atom. The van der Waals surface area contributed by atoms with Gasteiger partial charge in [0.15, 0.2) is 0 Å². The standard InChI is InChI=1S/C22H17ClN2O/c1-26-22-19(13-24)20(15-9-11-16(23)12-10-15)18-8-4-6-14-5-2-3-7-17(14)21(18)25-22/h2-3,5,7,9-12H,4,6,8H2,1H3. The first-order valence-corrected chi connectivity index (χ1v) is 8.96. The molecule has 0 saturated carbocycles. The van der Waals surface area contributed by atoms with Crippen LogP contribution in [0.1, 0.15) is 23.1 Å². The summed E-state index contributed by atoms with van der Waals surface area (Å²) in [4.78, 5) is 4.74. The van der Waals surface area contributed by atoms with E-state index in [1.807, 2.05) is 30.3 Å². The molecular weight excluding hydrogens is 344 g/mol. The Bertz CT molecular complexity index is 1020. The van der Waals surface area contributed by atoms with Crippen LogP contribution in [0, 0.1) is 11.3 Å². The number of halogens is 1. The van der Waals surface area contributed by atoms with Gasteiger partial charge in [0.25, 0.3) is 0 Å². The number of hydrogen-bond acceptors (Lipinski definition) is 3. The van der Waals surface area contributed by atoms with E-state index < -0.39 is 0 Å². The molecule has 1 heterocycles. The molecule has 0 bridgehead atoms. The second-order valence-electron chi connectivity index (χ2n) is 6.33. The van der Waals surface area contributed by atoms with E-state index in [2.05, 4.69) is 24.3 Å². The van der Waals surface area contributed by atoms with Crippen LogP contribution in [0.4, 0.5) is 0 Å². The van der Waals surface area contributed by atoms with E-state index in [0.29, 0.717) is 16.5 Å². The minimum absolute atomic E-state index is 0.368. The maximum absolute atomic E-state index is 9.82. The second-order valence-corrected chi connectivity index (χ2v) is 6.76. The minimum atomic E-state index is 0.368. The Morgan fingerprint density at radius 3 is 2.58 bits per heavy atom. The molecule has 1 aromatic heterocycles. The molecule has 0 saturated heterocycles. The molecule has 0 spiro atoms. The molecule has 0 unspecified atom stereocenters. The Kier molecular flexibility index (Phi) is 4.36. The normalized spacial score (nSPS) is 12.5. The second kappa shape index (κ2) is 6.82. The van der Waals surface area contributed by atoms with Gasteiger partial charge in [-0.3, -0.25) is 0 Å². The molecule has 4 heteroatoms. The van der Waals surface area contributed by atoms with Crippen molar-refractivity contribution in [2.45, 2.75) is 19.3 Å². The van der Waals surface area contributed by atoms with Gasteiger partial charge in [-0.2, -0.15) is 5.26 Å². The lowest BCUT2D eigenvalue weighted by Gasteiger charge is -2.17. The van der Waals surface area contributed by atoms with Gasteiger partial charge >= 0.3 is 0 Å². The molecule has 26 heavy (non-hydrogen) atoms. The van der Waals surface area contributed by atoms with E-state index in [9.17, 15) is 5.26 Å². The van der Waals surface area contributed by atoms with E-state index in [0.717, 1.165) is 47.2 Å². The van der Waals surface area contributed by atoms with Crippen molar-refractivity contribution in [2.75, 3.05) is 7.11 Å². The first-order chi connectivity index (χ1) is 12.7. The zero-order valence-corrected chi connectivity index (χ0v) is 15.2. The summed E-state index contributed by atoms with van der Waals surface area (Å²) in [5.41, 5.74) is 6.78. The lowest BCUT2D eigenvalue weighted by Crippen LogP contribution is -2.03. The van der Waals surface area contributed by atoms with Gasteiger partial charge in [0.2, 0.25) is 5.88 Å². The van der Waals surface area contributed by atoms with Gasteiger partial charge in [-0.05, 0) is 48.1 Å². The van der Waals surface area contributed by atoms with Gasteiger partial charge in [-0.1, -0.05) is 48.0 Å². The van der Waals surface area contributed by atoms with Crippen molar-refractivity contribution < 1.29 is 4.74 Å². The zero-order chi connectivity index (χ0) is 18.1.